The molecule has 1 unspecified atom stereocenters. The van der Waals surface area contributed by atoms with E-state index in [9.17, 15) is 4.79 Å². The Kier molecular flexibility index (Phi) is 3.00. The number of amides is 1. The summed E-state index contributed by atoms with van der Waals surface area (Å²) in [6.07, 6.45) is 3.34. The number of furan rings is 1. The van der Waals surface area contributed by atoms with Crippen LogP contribution in [0.15, 0.2) is 16.5 Å². The zero-order chi connectivity index (χ0) is 10.8. The molecule has 0 bridgehead atoms. The van der Waals surface area contributed by atoms with E-state index < -0.39 is 0 Å². The van der Waals surface area contributed by atoms with Gasteiger partial charge in [0.1, 0.15) is 0 Å². The summed E-state index contributed by atoms with van der Waals surface area (Å²) in [5.74, 6) is 0.294. The first-order valence-electron chi connectivity index (χ1n) is 5.25. The molecule has 82 valence electrons. The molecule has 15 heavy (non-hydrogen) atoms. The Morgan fingerprint density at radius 3 is 2.93 bits per heavy atom. The van der Waals surface area contributed by atoms with Crippen LogP contribution in [0.4, 0.5) is 0 Å². The molecule has 4 heteroatoms. The lowest BCUT2D eigenvalue weighted by molar-refractivity contribution is 0.0603. The monoisotopic (exact) mass is 227 g/mol. The van der Waals surface area contributed by atoms with Gasteiger partial charge in [-0.25, -0.2) is 0 Å². The summed E-state index contributed by atoms with van der Waals surface area (Å²) < 4.78 is 5.12. The van der Waals surface area contributed by atoms with Crippen LogP contribution in [0.1, 0.15) is 36.7 Å². The molecule has 1 fully saturated rings. The number of carbonyl (C=O) groups excluding carboxylic acids is 1. The lowest BCUT2D eigenvalue weighted by Crippen LogP contribution is -2.41. The highest BCUT2D eigenvalue weighted by Gasteiger charge is 2.25. The second-order valence-electron chi connectivity index (χ2n) is 3.95. The third-order valence-electron chi connectivity index (χ3n) is 2.85. The summed E-state index contributed by atoms with van der Waals surface area (Å²) in [4.78, 5) is 13.9. The van der Waals surface area contributed by atoms with Gasteiger partial charge in [-0.2, -0.15) is 0 Å². The second kappa shape index (κ2) is 4.27. The smallest absolute Gasteiger partial charge is 0.289 e. The van der Waals surface area contributed by atoms with Gasteiger partial charge in [0, 0.05) is 12.6 Å². The Hall–Kier alpha value is -0.960. The maximum absolute atomic E-state index is 12.0. The van der Waals surface area contributed by atoms with Crippen molar-refractivity contribution in [3.63, 3.8) is 0 Å². The summed E-state index contributed by atoms with van der Waals surface area (Å²) >= 11 is 5.64. The van der Waals surface area contributed by atoms with Crippen molar-refractivity contribution in [1.82, 2.24) is 4.90 Å². The van der Waals surface area contributed by atoms with Crippen LogP contribution in [0, 0.1) is 0 Å². The number of hydrogen-bond acceptors (Lipinski definition) is 2. The molecule has 2 rings (SSSR count). The van der Waals surface area contributed by atoms with Crippen LogP contribution < -0.4 is 0 Å². The minimum Gasteiger partial charge on any atom is -0.440 e. The van der Waals surface area contributed by atoms with Gasteiger partial charge >= 0.3 is 0 Å². The molecular formula is C11H14ClNO2. The van der Waals surface area contributed by atoms with E-state index in [1.807, 2.05) is 4.90 Å². The summed E-state index contributed by atoms with van der Waals surface area (Å²) in [7, 11) is 0. The Bertz CT molecular complexity index is 361. The molecule has 3 nitrogen and oxygen atoms in total. The van der Waals surface area contributed by atoms with Gasteiger partial charge in [-0.05, 0) is 49.9 Å². The first-order valence-corrected chi connectivity index (χ1v) is 5.62. The van der Waals surface area contributed by atoms with Gasteiger partial charge in [0.05, 0.1) is 0 Å². The number of carbonyl (C=O) groups is 1. The van der Waals surface area contributed by atoms with E-state index in [4.69, 9.17) is 16.0 Å². The average Bonchev–Trinajstić information content (AvgIpc) is 2.65. The zero-order valence-corrected chi connectivity index (χ0v) is 9.46. The quantitative estimate of drug-likeness (QED) is 0.739. The van der Waals surface area contributed by atoms with Crippen LogP contribution >= 0.6 is 11.6 Å². The number of rotatable bonds is 1. The molecule has 2 heterocycles. The van der Waals surface area contributed by atoms with Crippen molar-refractivity contribution < 1.29 is 9.21 Å². The van der Waals surface area contributed by atoms with Crippen molar-refractivity contribution in [1.29, 1.82) is 0 Å². The van der Waals surface area contributed by atoms with Crippen molar-refractivity contribution >= 4 is 17.5 Å². The maximum Gasteiger partial charge on any atom is 0.289 e. The van der Waals surface area contributed by atoms with Crippen molar-refractivity contribution in [3.05, 3.63) is 23.1 Å². The van der Waals surface area contributed by atoms with Crippen molar-refractivity contribution in [2.45, 2.75) is 32.2 Å². The molecule has 1 saturated heterocycles. The Balaban J connectivity index is 2.13. The molecule has 0 aliphatic carbocycles. The van der Waals surface area contributed by atoms with Crippen LogP contribution in [-0.4, -0.2) is 23.4 Å². The van der Waals surface area contributed by atoms with Crippen molar-refractivity contribution in [2.75, 3.05) is 6.54 Å². The molecule has 0 N–H and O–H groups in total. The third-order valence-corrected chi connectivity index (χ3v) is 3.05. The van der Waals surface area contributed by atoms with Crippen LogP contribution in [0.2, 0.25) is 5.22 Å². The van der Waals surface area contributed by atoms with E-state index in [1.54, 1.807) is 12.1 Å². The van der Waals surface area contributed by atoms with E-state index in [0.29, 0.717) is 11.8 Å². The van der Waals surface area contributed by atoms with Gasteiger partial charge in [-0.1, -0.05) is 0 Å². The van der Waals surface area contributed by atoms with Gasteiger partial charge in [-0.3, -0.25) is 4.79 Å². The predicted octanol–water partition coefficient (Wildman–Crippen LogP) is 2.95. The first kappa shape index (κ1) is 10.6. The fourth-order valence-electron chi connectivity index (χ4n) is 1.97. The molecule has 0 saturated carbocycles. The minimum atomic E-state index is -0.0471. The summed E-state index contributed by atoms with van der Waals surface area (Å²) in [6.45, 7) is 2.89. The molecule has 1 amide bonds. The van der Waals surface area contributed by atoms with E-state index >= 15 is 0 Å². The molecule has 1 aliphatic rings. The Labute approximate surface area is 94.0 Å². The van der Waals surface area contributed by atoms with E-state index in [2.05, 4.69) is 6.92 Å². The number of piperidine rings is 1. The predicted molar refractivity (Wildman–Crippen MR) is 58.1 cm³/mol. The Morgan fingerprint density at radius 1 is 1.53 bits per heavy atom. The van der Waals surface area contributed by atoms with Gasteiger partial charge in [-0.15, -0.1) is 0 Å². The molecule has 1 aromatic rings. The van der Waals surface area contributed by atoms with Crippen molar-refractivity contribution in [3.8, 4) is 0 Å². The van der Waals surface area contributed by atoms with Gasteiger partial charge in [0.2, 0.25) is 0 Å². The molecular weight excluding hydrogens is 214 g/mol. The highest BCUT2D eigenvalue weighted by molar-refractivity contribution is 6.29. The Morgan fingerprint density at radius 2 is 2.33 bits per heavy atom. The topological polar surface area (TPSA) is 33.5 Å². The molecule has 0 aromatic carbocycles. The van der Waals surface area contributed by atoms with Gasteiger partial charge < -0.3 is 9.32 Å². The fraction of sp³-hybridized carbons (Fsp3) is 0.545. The second-order valence-corrected chi connectivity index (χ2v) is 4.32. The molecule has 1 aromatic heterocycles. The lowest BCUT2D eigenvalue weighted by Gasteiger charge is -2.32. The number of hydrogen-bond donors (Lipinski definition) is 0. The summed E-state index contributed by atoms with van der Waals surface area (Å²) in [6, 6.07) is 3.53. The molecule has 0 radical (unpaired) electrons. The van der Waals surface area contributed by atoms with Crippen LogP contribution in [0.3, 0.4) is 0 Å². The van der Waals surface area contributed by atoms with E-state index in [1.165, 1.54) is 6.42 Å². The maximum atomic E-state index is 12.0. The largest absolute Gasteiger partial charge is 0.440 e. The zero-order valence-electron chi connectivity index (χ0n) is 8.70. The number of nitrogens with zero attached hydrogens (tertiary/aromatic N) is 1. The first-order chi connectivity index (χ1) is 7.18. The van der Waals surface area contributed by atoms with Crippen molar-refractivity contribution in [2.24, 2.45) is 0 Å². The normalized spacial score (nSPS) is 21.7. The fourth-order valence-corrected chi connectivity index (χ4v) is 2.12. The average molecular weight is 228 g/mol. The van der Waals surface area contributed by atoms with Gasteiger partial charge in [0.25, 0.3) is 5.91 Å². The SMILES string of the molecule is CC1CCCCN1C(=O)c1ccc(Cl)o1. The molecule has 1 aliphatic heterocycles. The van der Waals surface area contributed by atoms with E-state index in [0.717, 1.165) is 19.4 Å². The number of likely N-dealkylation sites (tertiary alicyclic amines) is 1. The summed E-state index contributed by atoms with van der Waals surface area (Å²) in [5, 5.41) is 0.267. The third kappa shape index (κ3) is 2.17. The highest BCUT2D eigenvalue weighted by Crippen LogP contribution is 2.21. The van der Waals surface area contributed by atoms with Gasteiger partial charge in [0.15, 0.2) is 11.0 Å². The summed E-state index contributed by atoms with van der Waals surface area (Å²) in [5.41, 5.74) is 0. The molecule has 1 atom stereocenters. The van der Waals surface area contributed by atoms with Crippen LogP contribution in [0.25, 0.3) is 0 Å². The standard InChI is InChI=1S/C11H14ClNO2/c1-8-4-2-3-7-13(8)11(14)9-5-6-10(12)15-9/h5-6,8H,2-4,7H2,1H3. The highest BCUT2D eigenvalue weighted by atomic mass is 35.5. The minimum absolute atomic E-state index is 0.0471. The van der Waals surface area contributed by atoms with Crippen LogP contribution in [-0.2, 0) is 0 Å². The number of halogens is 1. The van der Waals surface area contributed by atoms with Crippen LogP contribution in [0.5, 0.6) is 0 Å². The molecule has 0 spiro atoms. The lowest BCUT2D eigenvalue weighted by atomic mass is 10.0. The van der Waals surface area contributed by atoms with E-state index in [-0.39, 0.29) is 11.1 Å².